The number of nitro benzene ring substituents is 1. The van der Waals surface area contributed by atoms with E-state index >= 15 is 0 Å². The van der Waals surface area contributed by atoms with Gasteiger partial charge >= 0.3 is 0 Å². The Morgan fingerprint density at radius 1 is 1.61 bits per heavy atom. The summed E-state index contributed by atoms with van der Waals surface area (Å²) in [4.78, 5) is 21.4. The van der Waals surface area contributed by atoms with E-state index in [1.165, 1.54) is 6.07 Å². The summed E-state index contributed by atoms with van der Waals surface area (Å²) in [5.74, 6) is -1.33. The van der Waals surface area contributed by atoms with Crippen molar-refractivity contribution in [3.63, 3.8) is 0 Å². The standard InChI is InChI=1S/C11H14FN3O3/c1-7(13)5-6-10(16)14-11-8(12)3-2-4-9(11)15(17)18/h2-4,7H,5-6,13H2,1H3,(H,14,16). The number of halogens is 1. The molecule has 1 unspecified atom stereocenters. The highest BCUT2D eigenvalue weighted by Crippen LogP contribution is 2.27. The highest BCUT2D eigenvalue weighted by atomic mass is 19.1. The molecule has 0 saturated heterocycles. The summed E-state index contributed by atoms with van der Waals surface area (Å²) in [5, 5.41) is 12.9. The second-order valence-electron chi connectivity index (χ2n) is 3.96. The maximum absolute atomic E-state index is 13.4. The van der Waals surface area contributed by atoms with Crippen molar-refractivity contribution in [3.05, 3.63) is 34.1 Å². The average Bonchev–Trinajstić information content (AvgIpc) is 2.28. The number of nitrogens with two attached hydrogens (primary N) is 1. The molecule has 7 heteroatoms. The molecule has 0 bridgehead atoms. The van der Waals surface area contributed by atoms with Gasteiger partial charge in [0.1, 0.15) is 0 Å². The van der Waals surface area contributed by atoms with Gasteiger partial charge in [-0.2, -0.15) is 0 Å². The molecule has 0 aliphatic rings. The summed E-state index contributed by atoms with van der Waals surface area (Å²) < 4.78 is 13.4. The maximum atomic E-state index is 13.4. The zero-order valence-electron chi connectivity index (χ0n) is 9.85. The molecule has 18 heavy (non-hydrogen) atoms. The zero-order valence-corrected chi connectivity index (χ0v) is 9.85. The minimum absolute atomic E-state index is 0.0865. The molecule has 98 valence electrons. The number of benzene rings is 1. The van der Waals surface area contributed by atoms with Crippen LogP contribution in [0, 0.1) is 15.9 Å². The first-order valence-electron chi connectivity index (χ1n) is 5.40. The molecule has 0 saturated carbocycles. The smallest absolute Gasteiger partial charge is 0.295 e. The molecule has 0 spiro atoms. The van der Waals surface area contributed by atoms with E-state index in [-0.39, 0.29) is 12.5 Å². The minimum atomic E-state index is -0.835. The summed E-state index contributed by atoms with van der Waals surface area (Å²) >= 11 is 0. The first kappa shape index (κ1) is 14.0. The molecule has 0 aliphatic heterocycles. The van der Waals surface area contributed by atoms with Crippen LogP contribution in [0.25, 0.3) is 0 Å². The first-order valence-corrected chi connectivity index (χ1v) is 5.40. The van der Waals surface area contributed by atoms with Crippen LogP contribution in [0.2, 0.25) is 0 Å². The summed E-state index contributed by atoms with van der Waals surface area (Å²) in [7, 11) is 0. The first-order chi connectivity index (χ1) is 8.41. The van der Waals surface area contributed by atoms with Crippen LogP contribution in [-0.4, -0.2) is 16.9 Å². The fourth-order valence-electron chi connectivity index (χ4n) is 1.35. The molecule has 1 rings (SSSR count). The minimum Gasteiger partial charge on any atom is -0.328 e. The third kappa shape index (κ3) is 3.77. The number of nitrogens with zero attached hydrogens (tertiary/aromatic N) is 1. The van der Waals surface area contributed by atoms with Crippen LogP contribution in [0.4, 0.5) is 15.8 Å². The van der Waals surface area contributed by atoms with Gasteiger partial charge in [0.2, 0.25) is 5.91 Å². The molecule has 1 aromatic rings. The van der Waals surface area contributed by atoms with E-state index in [0.29, 0.717) is 6.42 Å². The fraction of sp³-hybridized carbons (Fsp3) is 0.364. The van der Waals surface area contributed by atoms with Crippen LogP contribution in [0.15, 0.2) is 18.2 Å². The van der Waals surface area contributed by atoms with Crippen molar-refractivity contribution in [2.24, 2.45) is 5.73 Å². The van der Waals surface area contributed by atoms with Crippen molar-refractivity contribution < 1.29 is 14.1 Å². The van der Waals surface area contributed by atoms with Crippen LogP contribution in [0.3, 0.4) is 0 Å². The number of hydrogen-bond acceptors (Lipinski definition) is 4. The number of rotatable bonds is 5. The van der Waals surface area contributed by atoms with Gasteiger partial charge in [-0.3, -0.25) is 14.9 Å². The van der Waals surface area contributed by atoms with Gasteiger partial charge in [0.05, 0.1) is 4.92 Å². The Labute approximate surface area is 103 Å². The number of para-hydroxylation sites is 1. The van der Waals surface area contributed by atoms with Gasteiger partial charge in [-0.15, -0.1) is 0 Å². The zero-order chi connectivity index (χ0) is 13.7. The summed E-state index contributed by atoms with van der Waals surface area (Å²) in [5.41, 5.74) is 4.61. The summed E-state index contributed by atoms with van der Waals surface area (Å²) in [6, 6.07) is 3.23. The van der Waals surface area contributed by atoms with Gasteiger partial charge in [-0.1, -0.05) is 6.07 Å². The lowest BCUT2D eigenvalue weighted by Crippen LogP contribution is -2.20. The van der Waals surface area contributed by atoms with Crippen LogP contribution in [0.5, 0.6) is 0 Å². The predicted molar refractivity (Wildman–Crippen MR) is 64.6 cm³/mol. The second kappa shape index (κ2) is 6.06. The van der Waals surface area contributed by atoms with Crippen molar-refractivity contribution in [3.8, 4) is 0 Å². The number of nitro groups is 1. The van der Waals surface area contributed by atoms with E-state index in [9.17, 15) is 19.3 Å². The highest BCUT2D eigenvalue weighted by Gasteiger charge is 2.19. The molecular weight excluding hydrogens is 241 g/mol. The monoisotopic (exact) mass is 255 g/mol. The Kier molecular flexibility index (Phi) is 4.73. The molecule has 1 aromatic carbocycles. The van der Waals surface area contributed by atoms with Crippen LogP contribution in [-0.2, 0) is 4.79 Å². The van der Waals surface area contributed by atoms with Gasteiger partial charge in [-0.05, 0) is 19.4 Å². The lowest BCUT2D eigenvalue weighted by atomic mass is 10.2. The SMILES string of the molecule is CC(N)CCC(=O)Nc1c(F)cccc1[N+](=O)[O-]. The molecule has 1 amide bonds. The Morgan fingerprint density at radius 2 is 2.28 bits per heavy atom. The van der Waals surface area contributed by atoms with Crippen LogP contribution in [0.1, 0.15) is 19.8 Å². The van der Waals surface area contributed by atoms with E-state index in [4.69, 9.17) is 5.73 Å². The number of carbonyl (C=O) groups excluding carboxylic acids is 1. The van der Waals surface area contributed by atoms with Gasteiger partial charge in [-0.25, -0.2) is 4.39 Å². The molecule has 1 atom stereocenters. The van der Waals surface area contributed by atoms with Gasteiger partial charge in [0, 0.05) is 18.5 Å². The summed E-state index contributed by atoms with van der Waals surface area (Å²) in [6.07, 6.45) is 0.511. The topological polar surface area (TPSA) is 98.3 Å². The largest absolute Gasteiger partial charge is 0.328 e. The number of carbonyl (C=O) groups is 1. The van der Waals surface area contributed by atoms with Crippen molar-refractivity contribution >= 4 is 17.3 Å². The molecule has 0 heterocycles. The quantitative estimate of drug-likeness (QED) is 0.619. The second-order valence-corrected chi connectivity index (χ2v) is 3.96. The Balaban J connectivity index is 2.83. The van der Waals surface area contributed by atoms with Gasteiger partial charge in [0.25, 0.3) is 5.69 Å². The normalized spacial score (nSPS) is 11.9. The molecule has 0 fully saturated rings. The average molecular weight is 255 g/mol. The lowest BCUT2D eigenvalue weighted by Gasteiger charge is -2.08. The summed E-state index contributed by atoms with van der Waals surface area (Å²) in [6.45, 7) is 1.73. The molecule has 0 aliphatic carbocycles. The molecule has 0 aromatic heterocycles. The van der Waals surface area contributed by atoms with E-state index in [1.807, 2.05) is 0 Å². The van der Waals surface area contributed by atoms with Crippen molar-refractivity contribution in [2.45, 2.75) is 25.8 Å². The lowest BCUT2D eigenvalue weighted by molar-refractivity contribution is -0.384. The predicted octanol–water partition coefficient (Wildman–Crippen LogP) is 1.80. The third-order valence-corrected chi connectivity index (χ3v) is 2.28. The van der Waals surface area contributed by atoms with E-state index in [2.05, 4.69) is 5.32 Å². The van der Waals surface area contributed by atoms with Crippen LogP contribution >= 0.6 is 0 Å². The molecule has 0 radical (unpaired) electrons. The number of nitrogens with one attached hydrogen (secondary N) is 1. The number of hydrogen-bond donors (Lipinski definition) is 2. The fourth-order valence-corrected chi connectivity index (χ4v) is 1.35. The molecular formula is C11H14FN3O3. The highest BCUT2D eigenvalue weighted by molar-refractivity contribution is 5.93. The van der Waals surface area contributed by atoms with Gasteiger partial charge < -0.3 is 11.1 Å². The Bertz CT molecular complexity index is 463. The Morgan fingerprint density at radius 3 is 2.83 bits per heavy atom. The van der Waals surface area contributed by atoms with Crippen LogP contribution < -0.4 is 11.1 Å². The molecule has 3 N–H and O–H groups in total. The van der Waals surface area contributed by atoms with E-state index in [1.54, 1.807) is 6.92 Å². The maximum Gasteiger partial charge on any atom is 0.295 e. The van der Waals surface area contributed by atoms with Gasteiger partial charge in [0.15, 0.2) is 11.5 Å². The van der Waals surface area contributed by atoms with E-state index in [0.717, 1.165) is 12.1 Å². The third-order valence-electron chi connectivity index (χ3n) is 2.28. The van der Waals surface area contributed by atoms with Crippen molar-refractivity contribution in [1.29, 1.82) is 0 Å². The van der Waals surface area contributed by atoms with Crippen molar-refractivity contribution in [1.82, 2.24) is 0 Å². The number of anilines is 1. The van der Waals surface area contributed by atoms with Crippen molar-refractivity contribution in [2.75, 3.05) is 5.32 Å². The van der Waals surface area contributed by atoms with E-state index < -0.39 is 28.0 Å². The Hall–Kier alpha value is -2.02. The number of amides is 1. The molecule has 6 nitrogen and oxygen atoms in total.